The van der Waals surface area contributed by atoms with Gasteiger partial charge in [-0.3, -0.25) is 14.3 Å². The van der Waals surface area contributed by atoms with Crippen molar-refractivity contribution in [1.29, 1.82) is 0 Å². The maximum Gasteiger partial charge on any atom is 0.260 e. The molecular weight excluding hydrogens is 454 g/mol. The summed E-state index contributed by atoms with van der Waals surface area (Å²) >= 11 is 6.65. The van der Waals surface area contributed by atoms with E-state index in [1.165, 1.54) is 0 Å². The van der Waals surface area contributed by atoms with Gasteiger partial charge in [0.15, 0.2) is 0 Å². The van der Waals surface area contributed by atoms with E-state index in [1.807, 2.05) is 19.1 Å². The van der Waals surface area contributed by atoms with Crippen LogP contribution in [0.5, 0.6) is 0 Å². The first-order chi connectivity index (χ1) is 16.5. The Morgan fingerprint density at radius 1 is 1.21 bits per heavy atom. The first-order valence-electron chi connectivity index (χ1n) is 11.1. The van der Waals surface area contributed by atoms with Gasteiger partial charge in [0.1, 0.15) is 5.65 Å². The van der Waals surface area contributed by atoms with Gasteiger partial charge in [-0.25, -0.2) is 9.97 Å². The molecule has 1 aliphatic heterocycles. The van der Waals surface area contributed by atoms with Crippen LogP contribution in [0, 0.1) is 6.92 Å². The van der Waals surface area contributed by atoms with Gasteiger partial charge in [0, 0.05) is 59.2 Å². The average molecular weight is 478 g/mol. The van der Waals surface area contributed by atoms with Crippen LogP contribution in [0.2, 0.25) is 5.02 Å². The maximum atomic E-state index is 13.5. The number of aryl methyl sites for hydroxylation is 1. The molecule has 4 aromatic rings. The molecule has 0 amide bonds. The van der Waals surface area contributed by atoms with Gasteiger partial charge in [-0.15, -0.1) is 0 Å². The molecule has 3 N–H and O–H groups in total. The minimum Gasteiger partial charge on any atom is -0.379 e. The van der Waals surface area contributed by atoms with E-state index in [2.05, 4.69) is 25.3 Å². The molecule has 0 unspecified atom stereocenters. The van der Waals surface area contributed by atoms with Crippen molar-refractivity contribution in [2.24, 2.45) is 5.73 Å². The number of nitrogens with one attached hydrogen (secondary N) is 1. The molecule has 174 valence electrons. The van der Waals surface area contributed by atoms with Gasteiger partial charge in [0.25, 0.3) is 5.56 Å². The predicted molar refractivity (Wildman–Crippen MR) is 132 cm³/mol. The van der Waals surface area contributed by atoms with Crippen LogP contribution in [0.1, 0.15) is 12.1 Å². The number of hydrogen-bond donors (Lipinski definition) is 2. The first-order valence-corrected chi connectivity index (χ1v) is 11.4. The first kappa shape index (κ1) is 22.4. The molecular formula is C24H24ClN7O2. The number of halogens is 1. The largest absolute Gasteiger partial charge is 0.379 e. The minimum atomic E-state index is -0.211. The highest BCUT2D eigenvalue weighted by Crippen LogP contribution is 2.31. The molecule has 1 aromatic carbocycles. The van der Waals surface area contributed by atoms with Crippen LogP contribution in [0.3, 0.4) is 0 Å². The lowest BCUT2D eigenvalue weighted by molar-refractivity contribution is 0.195. The Balaban J connectivity index is 1.58. The normalized spacial score (nSPS) is 15.7. The third-order valence-electron chi connectivity index (χ3n) is 5.75. The molecule has 0 radical (unpaired) electrons. The molecule has 1 fully saturated rings. The van der Waals surface area contributed by atoms with Crippen molar-refractivity contribution in [3.63, 3.8) is 0 Å². The lowest BCUT2D eigenvalue weighted by atomic mass is 10.0. The van der Waals surface area contributed by atoms with Crippen LogP contribution in [0.15, 0.2) is 47.7 Å². The summed E-state index contributed by atoms with van der Waals surface area (Å²) in [5, 5.41) is 4.44. The van der Waals surface area contributed by atoms with Gasteiger partial charge in [-0.2, -0.15) is 4.98 Å². The molecule has 1 atom stereocenters. The van der Waals surface area contributed by atoms with Crippen molar-refractivity contribution in [2.45, 2.75) is 25.9 Å². The van der Waals surface area contributed by atoms with Crippen molar-refractivity contribution in [3.05, 3.63) is 63.9 Å². The quantitative estimate of drug-likeness (QED) is 0.434. The molecule has 9 nitrogen and oxygen atoms in total. The third-order valence-corrected chi connectivity index (χ3v) is 6.07. The number of pyridine rings is 1. The third kappa shape index (κ3) is 4.37. The Hall–Kier alpha value is -3.40. The second-order valence-corrected chi connectivity index (χ2v) is 8.63. The summed E-state index contributed by atoms with van der Waals surface area (Å²) < 4.78 is 6.99. The van der Waals surface area contributed by atoms with Crippen molar-refractivity contribution >= 4 is 28.6 Å². The second kappa shape index (κ2) is 9.46. The Morgan fingerprint density at radius 2 is 2.09 bits per heavy atom. The molecule has 1 saturated heterocycles. The van der Waals surface area contributed by atoms with Crippen LogP contribution in [-0.2, 0) is 11.3 Å². The van der Waals surface area contributed by atoms with Crippen molar-refractivity contribution < 1.29 is 4.74 Å². The highest BCUT2D eigenvalue weighted by Gasteiger charge is 2.19. The van der Waals surface area contributed by atoms with Gasteiger partial charge >= 0.3 is 0 Å². The summed E-state index contributed by atoms with van der Waals surface area (Å²) in [6, 6.07) is 7.44. The second-order valence-electron chi connectivity index (χ2n) is 8.22. The number of fused-ring (bicyclic) bond motifs is 1. The van der Waals surface area contributed by atoms with E-state index >= 15 is 0 Å². The fraction of sp³-hybridized carbons (Fsp3) is 0.292. The van der Waals surface area contributed by atoms with Crippen LogP contribution < -0.4 is 16.6 Å². The molecule has 5 rings (SSSR count). The molecule has 0 bridgehead atoms. The van der Waals surface area contributed by atoms with E-state index in [0.29, 0.717) is 59.7 Å². The van der Waals surface area contributed by atoms with Crippen molar-refractivity contribution in [1.82, 2.24) is 24.5 Å². The molecule has 1 aliphatic rings. The zero-order valence-corrected chi connectivity index (χ0v) is 19.4. The minimum absolute atomic E-state index is 0.154. The lowest BCUT2D eigenvalue weighted by Gasteiger charge is -2.15. The fourth-order valence-corrected chi connectivity index (χ4v) is 4.37. The Morgan fingerprint density at radius 3 is 2.82 bits per heavy atom. The summed E-state index contributed by atoms with van der Waals surface area (Å²) in [4.78, 5) is 31.3. The van der Waals surface area contributed by atoms with E-state index in [9.17, 15) is 4.79 Å². The van der Waals surface area contributed by atoms with Crippen molar-refractivity contribution in [2.75, 3.05) is 25.1 Å². The van der Waals surface area contributed by atoms with Gasteiger partial charge < -0.3 is 15.8 Å². The number of hydrogen-bond acceptors (Lipinski definition) is 8. The molecule has 3 aromatic heterocycles. The number of aromatic nitrogens is 5. The summed E-state index contributed by atoms with van der Waals surface area (Å²) in [6.07, 6.45) is 5.97. The predicted octanol–water partition coefficient (Wildman–Crippen LogP) is 3.04. The SMILES string of the molecule is Cc1cncc(-c2ccc(-c3cc4cnc(N[C@H]5CCOC5)nc4n(CCN)c3=O)c(Cl)c2)n1. The highest BCUT2D eigenvalue weighted by molar-refractivity contribution is 6.33. The average Bonchev–Trinajstić information content (AvgIpc) is 3.34. The smallest absolute Gasteiger partial charge is 0.260 e. The Kier molecular flexibility index (Phi) is 6.23. The van der Waals surface area contributed by atoms with E-state index in [0.717, 1.165) is 23.1 Å². The molecule has 34 heavy (non-hydrogen) atoms. The summed E-state index contributed by atoms with van der Waals surface area (Å²) in [5.74, 6) is 0.461. The standard InChI is InChI=1S/C24H24ClN7O2/c1-14-10-27-12-21(29-14)15-2-3-18(20(25)9-15)19-8-16-11-28-24(30-17-4-7-34-13-17)31-22(16)32(6-5-26)23(19)33/h2-3,8-12,17H,4-7,13,26H2,1H3,(H,28,30,31)/t17-/m0/s1. The molecule has 0 aliphatic carbocycles. The van der Waals surface area contributed by atoms with E-state index in [4.69, 9.17) is 22.1 Å². The van der Waals surface area contributed by atoms with Crippen LogP contribution in [-0.4, -0.2) is 50.3 Å². The number of ether oxygens (including phenoxy) is 1. The molecule has 0 spiro atoms. The van der Waals surface area contributed by atoms with Crippen molar-refractivity contribution in [3.8, 4) is 22.4 Å². The van der Waals surface area contributed by atoms with Gasteiger partial charge in [0.05, 0.1) is 30.2 Å². The zero-order chi connectivity index (χ0) is 23.7. The van der Waals surface area contributed by atoms with E-state index in [1.54, 1.807) is 35.3 Å². The topological polar surface area (TPSA) is 121 Å². The van der Waals surface area contributed by atoms with Crippen LogP contribution >= 0.6 is 11.6 Å². The summed E-state index contributed by atoms with van der Waals surface area (Å²) in [6.45, 7) is 3.81. The highest BCUT2D eigenvalue weighted by atomic mass is 35.5. The zero-order valence-electron chi connectivity index (χ0n) is 18.7. The molecule has 0 saturated carbocycles. The summed E-state index contributed by atoms with van der Waals surface area (Å²) in [7, 11) is 0. The summed E-state index contributed by atoms with van der Waals surface area (Å²) in [5.41, 5.74) is 9.58. The number of benzene rings is 1. The fourth-order valence-electron chi connectivity index (χ4n) is 4.08. The van der Waals surface area contributed by atoms with Crippen LogP contribution in [0.4, 0.5) is 5.95 Å². The van der Waals surface area contributed by atoms with E-state index < -0.39 is 0 Å². The lowest BCUT2D eigenvalue weighted by Crippen LogP contribution is -2.27. The van der Waals surface area contributed by atoms with E-state index in [-0.39, 0.29) is 11.6 Å². The van der Waals surface area contributed by atoms with Gasteiger partial charge in [0.2, 0.25) is 5.95 Å². The van der Waals surface area contributed by atoms with Gasteiger partial charge in [-0.05, 0) is 25.5 Å². The molecule has 4 heterocycles. The monoisotopic (exact) mass is 477 g/mol. The Bertz CT molecular complexity index is 1420. The molecule has 10 heteroatoms. The van der Waals surface area contributed by atoms with Gasteiger partial charge in [-0.1, -0.05) is 23.7 Å². The maximum absolute atomic E-state index is 13.5. The number of anilines is 1. The number of rotatable bonds is 6. The Labute approximate surface area is 201 Å². The van der Waals surface area contributed by atoms with Crippen LogP contribution in [0.25, 0.3) is 33.4 Å². The number of nitrogens with two attached hydrogens (primary N) is 1. The number of nitrogens with zero attached hydrogens (tertiary/aromatic N) is 5.